The third-order valence-corrected chi connectivity index (χ3v) is 6.55. The van der Waals surface area contributed by atoms with Crippen molar-refractivity contribution in [2.75, 3.05) is 32.6 Å². The van der Waals surface area contributed by atoms with Crippen molar-refractivity contribution in [2.45, 2.75) is 20.8 Å². The van der Waals surface area contributed by atoms with Gasteiger partial charge in [0.05, 0.1) is 25.6 Å². The van der Waals surface area contributed by atoms with E-state index < -0.39 is 0 Å². The summed E-state index contributed by atoms with van der Waals surface area (Å²) in [6, 6.07) is 20.1. The first-order chi connectivity index (χ1) is 19.2. The first-order valence-electron chi connectivity index (χ1n) is 12.9. The van der Waals surface area contributed by atoms with Gasteiger partial charge in [-0.05, 0) is 36.6 Å². The highest BCUT2D eigenvalue weighted by atomic mass is 35.5. The zero-order valence-electron chi connectivity index (χ0n) is 23.3. The molecule has 4 rings (SSSR count). The molecular formula is C31H33ClN4O4. The number of hydrogen-bond donors (Lipinski definition) is 1. The van der Waals surface area contributed by atoms with Crippen molar-refractivity contribution in [1.29, 1.82) is 0 Å². The number of carbonyl (C=O) groups excluding carboxylic acids is 2. The normalized spacial score (nSPS) is 10.9. The molecule has 0 aliphatic heterocycles. The number of methoxy groups -OCH3 is 2. The number of aryl methyl sites for hydroxylation is 1. The number of benzene rings is 3. The third kappa shape index (κ3) is 6.82. The van der Waals surface area contributed by atoms with Crippen molar-refractivity contribution < 1.29 is 19.1 Å². The van der Waals surface area contributed by atoms with E-state index in [9.17, 15) is 9.59 Å². The first kappa shape index (κ1) is 28.7. The SMILES string of the molecule is COc1cc(OC)cc(-n2cc(-c3ccc(Cl)cc3)nc2NC(=O)CN(CC(C)C)C(=O)c2ccccc2C)c1. The lowest BCUT2D eigenvalue weighted by molar-refractivity contribution is -0.117. The second-order valence-corrected chi connectivity index (χ2v) is 10.3. The second-order valence-electron chi connectivity index (χ2n) is 9.84. The fourth-order valence-electron chi connectivity index (χ4n) is 4.34. The zero-order valence-corrected chi connectivity index (χ0v) is 24.0. The summed E-state index contributed by atoms with van der Waals surface area (Å²) in [4.78, 5) is 33.1. The quantitative estimate of drug-likeness (QED) is 0.247. The summed E-state index contributed by atoms with van der Waals surface area (Å²) < 4.78 is 12.7. The number of ether oxygens (including phenoxy) is 2. The van der Waals surface area contributed by atoms with Crippen LogP contribution in [0.4, 0.5) is 5.95 Å². The molecule has 0 fully saturated rings. The van der Waals surface area contributed by atoms with Crippen molar-refractivity contribution in [3.8, 4) is 28.4 Å². The maximum Gasteiger partial charge on any atom is 0.254 e. The Morgan fingerprint density at radius 2 is 1.65 bits per heavy atom. The van der Waals surface area contributed by atoms with Crippen LogP contribution in [-0.4, -0.2) is 53.6 Å². The highest BCUT2D eigenvalue weighted by Crippen LogP contribution is 2.30. The monoisotopic (exact) mass is 560 g/mol. The Hall–Kier alpha value is -4.30. The molecule has 0 bridgehead atoms. The molecule has 9 heteroatoms. The number of aromatic nitrogens is 2. The van der Waals surface area contributed by atoms with Crippen LogP contribution in [0.3, 0.4) is 0 Å². The van der Waals surface area contributed by atoms with E-state index in [1.165, 1.54) is 0 Å². The summed E-state index contributed by atoms with van der Waals surface area (Å²) >= 11 is 6.09. The van der Waals surface area contributed by atoms with Crippen molar-refractivity contribution in [3.05, 3.63) is 89.1 Å². The molecule has 0 aliphatic rings. The Kier molecular flexibility index (Phi) is 9.11. The molecule has 8 nitrogen and oxygen atoms in total. The molecule has 208 valence electrons. The maximum atomic E-state index is 13.4. The van der Waals surface area contributed by atoms with Gasteiger partial charge in [-0.1, -0.05) is 55.8 Å². The lowest BCUT2D eigenvalue weighted by Crippen LogP contribution is -2.40. The summed E-state index contributed by atoms with van der Waals surface area (Å²) in [7, 11) is 3.14. The molecule has 0 saturated carbocycles. The minimum Gasteiger partial charge on any atom is -0.497 e. The maximum absolute atomic E-state index is 13.4. The van der Waals surface area contributed by atoms with Crippen LogP contribution in [0.15, 0.2) is 72.9 Å². The van der Waals surface area contributed by atoms with Crippen LogP contribution in [0.1, 0.15) is 29.8 Å². The largest absolute Gasteiger partial charge is 0.497 e. The van der Waals surface area contributed by atoms with E-state index in [1.54, 1.807) is 48.0 Å². The van der Waals surface area contributed by atoms with E-state index in [0.717, 1.165) is 11.1 Å². The molecule has 1 N–H and O–H groups in total. The topological polar surface area (TPSA) is 85.7 Å². The molecule has 2 amide bonds. The molecular weight excluding hydrogens is 528 g/mol. The number of imidazole rings is 1. The minimum absolute atomic E-state index is 0.129. The molecule has 0 spiro atoms. The van der Waals surface area contributed by atoms with E-state index in [-0.39, 0.29) is 30.2 Å². The highest BCUT2D eigenvalue weighted by molar-refractivity contribution is 6.30. The first-order valence-corrected chi connectivity index (χ1v) is 13.3. The van der Waals surface area contributed by atoms with Crippen LogP contribution < -0.4 is 14.8 Å². The van der Waals surface area contributed by atoms with Gasteiger partial charge in [0.25, 0.3) is 5.91 Å². The van der Waals surface area contributed by atoms with Gasteiger partial charge in [-0.15, -0.1) is 0 Å². The minimum atomic E-state index is -0.369. The van der Waals surface area contributed by atoms with Crippen LogP contribution in [0.25, 0.3) is 16.9 Å². The van der Waals surface area contributed by atoms with Crippen molar-refractivity contribution in [3.63, 3.8) is 0 Å². The van der Waals surface area contributed by atoms with E-state index in [4.69, 9.17) is 26.1 Å². The lowest BCUT2D eigenvalue weighted by atomic mass is 10.1. The lowest BCUT2D eigenvalue weighted by Gasteiger charge is -2.25. The van der Waals surface area contributed by atoms with E-state index in [0.29, 0.717) is 40.0 Å². The van der Waals surface area contributed by atoms with Crippen molar-refractivity contribution in [1.82, 2.24) is 14.5 Å². The fourth-order valence-corrected chi connectivity index (χ4v) is 4.46. The molecule has 0 radical (unpaired) electrons. The molecule has 0 saturated heterocycles. The summed E-state index contributed by atoms with van der Waals surface area (Å²) in [5, 5.41) is 3.53. The molecule has 1 heterocycles. The van der Waals surface area contributed by atoms with Gasteiger partial charge in [-0.2, -0.15) is 0 Å². The van der Waals surface area contributed by atoms with Gasteiger partial charge in [0.1, 0.15) is 18.0 Å². The number of halogens is 1. The third-order valence-electron chi connectivity index (χ3n) is 6.29. The standard InChI is InChI=1S/C31H33ClN4O4/c1-20(2)17-35(30(38)27-9-7-6-8-21(27)3)19-29(37)34-31-33-28(22-10-12-23(32)13-11-22)18-36(31)24-14-25(39-4)16-26(15-24)40-5/h6-16,18,20H,17,19H2,1-5H3,(H,33,34,37). The molecule has 4 aromatic rings. The summed E-state index contributed by atoms with van der Waals surface area (Å²) in [6.45, 7) is 6.21. The van der Waals surface area contributed by atoms with Crippen molar-refractivity contribution in [2.24, 2.45) is 5.92 Å². The number of anilines is 1. The molecule has 1 aromatic heterocycles. The Labute approximate surface area is 239 Å². The molecule has 40 heavy (non-hydrogen) atoms. The average Bonchev–Trinajstić information content (AvgIpc) is 3.35. The van der Waals surface area contributed by atoms with Gasteiger partial charge in [0.2, 0.25) is 11.9 Å². The van der Waals surface area contributed by atoms with E-state index >= 15 is 0 Å². The Morgan fingerprint density at radius 3 is 2.25 bits per heavy atom. The molecule has 3 aromatic carbocycles. The predicted octanol–water partition coefficient (Wildman–Crippen LogP) is 6.26. The van der Waals surface area contributed by atoms with Crippen LogP contribution in [-0.2, 0) is 4.79 Å². The van der Waals surface area contributed by atoms with Crippen molar-refractivity contribution >= 4 is 29.4 Å². The number of rotatable bonds is 10. The highest BCUT2D eigenvalue weighted by Gasteiger charge is 2.23. The smallest absolute Gasteiger partial charge is 0.254 e. The van der Waals surface area contributed by atoms with Gasteiger partial charge in [-0.25, -0.2) is 4.98 Å². The summed E-state index contributed by atoms with van der Waals surface area (Å²) in [5.41, 5.74) is 3.56. The predicted molar refractivity (Wildman–Crippen MR) is 158 cm³/mol. The van der Waals surface area contributed by atoms with Gasteiger partial charge in [0.15, 0.2) is 0 Å². The van der Waals surface area contributed by atoms with Crippen LogP contribution in [0.2, 0.25) is 5.02 Å². The Bertz CT molecular complexity index is 1480. The Morgan fingerprint density at radius 1 is 1.00 bits per heavy atom. The Balaban J connectivity index is 1.69. The fraction of sp³-hybridized carbons (Fsp3) is 0.258. The number of nitrogens with zero attached hydrogens (tertiary/aromatic N) is 3. The molecule has 0 atom stereocenters. The number of hydrogen-bond acceptors (Lipinski definition) is 5. The zero-order chi connectivity index (χ0) is 28.8. The van der Waals surface area contributed by atoms with E-state index in [1.807, 2.05) is 69.4 Å². The van der Waals surface area contributed by atoms with Crippen LogP contribution in [0, 0.1) is 12.8 Å². The van der Waals surface area contributed by atoms with Gasteiger partial charge in [0, 0.05) is 47.1 Å². The summed E-state index contributed by atoms with van der Waals surface area (Å²) in [5.74, 6) is 1.07. The summed E-state index contributed by atoms with van der Waals surface area (Å²) in [6.07, 6.45) is 1.82. The second kappa shape index (κ2) is 12.7. The number of amides is 2. The molecule has 0 aliphatic carbocycles. The van der Waals surface area contributed by atoms with Gasteiger partial charge < -0.3 is 14.4 Å². The van der Waals surface area contributed by atoms with Gasteiger partial charge >= 0.3 is 0 Å². The van der Waals surface area contributed by atoms with Crippen LogP contribution >= 0.6 is 11.6 Å². The molecule has 0 unspecified atom stereocenters. The number of nitrogens with one attached hydrogen (secondary N) is 1. The van der Waals surface area contributed by atoms with Gasteiger partial charge in [-0.3, -0.25) is 19.5 Å². The number of carbonyl (C=O) groups is 2. The van der Waals surface area contributed by atoms with E-state index in [2.05, 4.69) is 5.32 Å². The van der Waals surface area contributed by atoms with Crippen LogP contribution in [0.5, 0.6) is 11.5 Å². The average molecular weight is 561 g/mol.